The van der Waals surface area contributed by atoms with E-state index in [2.05, 4.69) is 15.4 Å². The van der Waals surface area contributed by atoms with Gasteiger partial charge in [-0.2, -0.15) is 5.10 Å². The molecule has 3 aromatic rings. The number of carbonyl (C=O) groups is 3. The zero-order chi connectivity index (χ0) is 29.6. The van der Waals surface area contributed by atoms with Crippen LogP contribution in [-0.4, -0.2) is 80.1 Å². The Hall–Kier alpha value is -4.28. The Kier molecular flexibility index (Phi) is 9.14. The molecule has 2 aliphatic rings. The molecule has 4 heterocycles. The number of rotatable bonds is 4. The number of nitrogens with zero attached hydrogens (tertiary/aromatic N) is 6. The molecular formula is C31H39N7O4. The van der Waals surface area contributed by atoms with Crippen molar-refractivity contribution >= 4 is 17.7 Å². The van der Waals surface area contributed by atoms with Gasteiger partial charge in [0.2, 0.25) is 11.8 Å². The second-order valence-electron chi connectivity index (χ2n) is 11.0. The highest BCUT2D eigenvalue weighted by Crippen LogP contribution is 2.24. The van der Waals surface area contributed by atoms with Crippen LogP contribution in [0.2, 0.25) is 0 Å². The van der Waals surface area contributed by atoms with Crippen LogP contribution in [0.25, 0.3) is 0 Å². The molecule has 11 heteroatoms. The zero-order valence-corrected chi connectivity index (χ0v) is 24.6. The van der Waals surface area contributed by atoms with E-state index < -0.39 is 12.1 Å². The van der Waals surface area contributed by atoms with Gasteiger partial charge in [0, 0.05) is 31.7 Å². The van der Waals surface area contributed by atoms with Crippen LogP contribution in [-0.2, 0) is 22.6 Å². The molecule has 1 N–H and O–H groups in total. The van der Waals surface area contributed by atoms with Crippen LogP contribution < -0.4 is 10.1 Å². The van der Waals surface area contributed by atoms with Gasteiger partial charge in [-0.1, -0.05) is 30.3 Å². The summed E-state index contributed by atoms with van der Waals surface area (Å²) in [4.78, 5) is 53.5. The number of fused-ring (bicyclic) bond motifs is 2. The Bertz CT molecular complexity index is 1420. The Morgan fingerprint density at radius 3 is 2.64 bits per heavy atom. The molecule has 0 aliphatic carbocycles. The summed E-state index contributed by atoms with van der Waals surface area (Å²) < 4.78 is 7.26. The average Bonchev–Trinajstić information content (AvgIpc) is 3.38. The first-order valence-electron chi connectivity index (χ1n) is 14.7. The number of aromatic nitrogens is 4. The summed E-state index contributed by atoms with van der Waals surface area (Å²) in [6.07, 6.45) is 5.16. The average molecular weight is 574 g/mol. The number of amides is 3. The van der Waals surface area contributed by atoms with Crippen molar-refractivity contribution in [1.82, 2.24) is 34.9 Å². The van der Waals surface area contributed by atoms with E-state index in [9.17, 15) is 14.4 Å². The fraction of sp³-hybridized carbons (Fsp3) is 0.484. The van der Waals surface area contributed by atoms with Gasteiger partial charge in [0.15, 0.2) is 0 Å². The molecule has 5 rings (SSSR count). The van der Waals surface area contributed by atoms with Gasteiger partial charge < -0.3 is 19.9 Å². The van der Waals surface area contributed by atoms with Crippen molar-refractivity contribution in [3.63, 3.8) is 0 Å². The van der Waals surface area contributed by atoms with E-state index in [1.54, 1.807) is 26.7 Å². The lowest BCUT2D eigenvalue weighted by Gasteiger charge is -2.36. The molecule has 11 nitrogen and oxygen atoms in total. The molecule has 0 spiro atoms. The minimum Gasteiger partial charge on any atom is -0.494 e. The minimum absolute atomic E-state index is 0.0599. The van der Waals surface area contributed by atoms with Crippen LogP contribution in [0.1, 0.15) is 71.4 Å². The lowest BCUT2D eigenvalue weighted by Crippen LogP contribution is -2.53. The third-order valence-corrected chi connectivity index (χ3v) is 7.98. The van der Waals surface area contributed by atoms with Gasteiger partial charge in [0.1, 0.15) is 23.4 Å². The highest BCUT2D eigenvalue weighted by Gasteiger charge is 2.34. The summed E-state index contributed by atoms with van der Waals surface area (Å²) in [6, 6.07) is 10.7. The molecule has 3 amide bonds. The van der Waals surface area contributed by atoms with Crippen LogP contribution in [0.3, 0.4) is 0 Å². The largest absolute Gasteiger partial charge is 0.494 e. The highest BCUT2D eigenvalue weighted by molar-refractivity contribution is 5.97. The molecule has 1 fully saturated rings. The SMILES string of the molecule is COc1cnc(C)cc1C(=O)N1CCCC(=O)N2CCCC[C@H]2C(=O)N[C@H](Cc2ccccc2)c2nc(C)nn2CC1. The molecule has 2 aromatic heterocycles. The lowest BCUT2D eigenvalue weighted by atomic mass is 9.99. The van der Waals surface area contributed by atoms with Crippen LogP contribution in [0.4, 0.5) is 0 Å². The van der Waals surface area contributed by atoms with E-state index in [1.807, 2.05) is 44.2 Å². The number of carbonyl (C=O) groups excluding carboxylic acids is 3. The van der Waals surface area contributed by atoms with Crippen molar-refractivity contribution in [1.29, 1.82) is 0 Å². The molecule has 0 bridgehead atoms. The molecule has 0 saturated carbocycles. The van der Waals surface area contributed by atoms with Crippen molar-refractivity contribution in [2.75, 3.05) is 26.7 Å². The van der Waals surface area contributed by atoms with Gasteiger partial charge in [-0.15, -0.1) is 0 Å². The first-order valence-corrected chi connectivity index (χ1v) is 14.7. The fourth-order valence-corrected chi connectivity index (χ4v) is 5.86. The predicted octanol–water partition coefficient (Wildman–Crippen LogP) is 3.02. The maximum atomic E-state index is 13.9. The van der Waals surface area contributed by atoms with Crippen molar-refractivity contribution in [2.24, 2.45) is 0 Å². The quantitative estimate of drug-likeness (QED) is 0.509. The second-order valence-corrected chi connectivity index (χ2v) is 11.0. The fourth-order valence-electron chi connectivity index (χ4n) is 5.86. The number of methoxy groups -OCH3 is 1. The monoisotopic (exact) mass is 573 g/mol. The van der Waals surface area contributed by atoms with Crippen molar-refractivity contribution in [3.8, 4) is 5.75 Å². The minimum atomic E-state index is -0.535. The molecule has 0 unspecified atom stereocenters. The normalized spacial score (nSPS) is 20.3. The zero-order valence-electron chi connectivity index (χ0n) is 24.6. The summed E-state index contributed by atoms with van der Waals surface area (Å²) in [5.41, 5.74) is 2.18. The second kappa shape index (κ2) is 13.1. The molecule has 222 valence electrons. The molecule has 1 saturated heterocycles. The smallest absolute Gasteiger partial charge is 0.257 e. The standard InChI is InChI=1S/C31H39N7O4/c1-21-18-24(27(42-3)20-32-21)31(41)36-14-9-13-28(39)37-15-8-7-12-26(37)30(40)34-25(19-23-10-5-4-6-11-23)29-33-22(2)35-38(29)17-16-36/h4-6,10-11,18,20,25-26H,7-9,12-17,19H2,1-3H3,(H,34,40)/t25-,26+/m1/s1. The van der Waals surface area contributed by atoms with Gasteiger partial charge in [-0.05, 0) is 57.6 Å². The van der Waals surface area contributed by atoms with E-state index in [0.29, 0.717) is 74.1 Å². The number of nitrogens with one attached hydrogen (secondary N) is 1. The first kappa shape index (κ1) is 29.2. The Morgan fingerprint density at radius 1 is 1.05 bits per heavy atom. The summed E-state index contributed by atoms with van der Waals surface area (Å²) >= 11 is 0. The number of piperidine rings is 1. The highest BCUT2D eigenvalue weighted by atomic mass is 16.5. The molecule has 2 atom stereocenters. The first-order chi connectivity index (χ1) is 20.3. The summed E-state index contributed by atoms with van der Waals surface area (Å²) in [7, 11) is 1.52. The van der Waals surface area contributed by atoms with E-state index in [-0.39, 0.29) is 24.1 Å². The van der Waals surface area contributed by atoms with E-state index in [1.165, 1.54) is 7.11 Å². The van der Waals surface area contributed by atoms with Crippen LogP contribution in [0, 0.1) is 13.8 Å². The van der Waals surface area contributed by atoms with E-state index in [4.69, 9.17) is 9.72 Å². The molecule has 2 aliphatic heterocycles. The molecule has 1 aromatic carbocycles. The Morgan fingerprint density at radius 2 is 1.86 bits per heavy atom. The van der Waals surface area contributed by atoms with Gasteiger partial charge in [-0.25, -0.2) is 9.67 Å². The molecule has 42 heavy (non-hydrogen) atoms. The van der Waals surface area contributed by atoms with Crippen molar-refractivity contribution < 1.29 is 19.1 Å². The number of hydrogen-bond donors (Lipinski definition) is 1. The summed E-state index contributed by atoms with van der Waals surface area (Å²) in [5, 5.41) is 7.89. The Balaban J connectivity index is 1.51. The summed E-state index contributed by atoms with van der Waals surface area (Å²) in [5.74, 6) is 1.20. The molecule has 0 radical (unpaired) electrons. The Labute approximate surface area is 246 Å². The van der Waals surface area contributed by atoms with Gasteiger partial charge in [-0.3, -0.25) is 19.4 Å². The number of aryl methyl sites for hydroxylation is 2. The van der Waals surface area contributed by atoms with Crippen LogP contribution >= 0.6 is 0 Å². The number of ether oxygens (including phenoxy) is 1. The van der Waals surface area contributed by atoms with E-state index in [0.717, 1.165) is 18.4 Å². The third-order valence-electron chi connectivity index (χ3n) is 7.98. The van der Waals surface area contributed by atoms with Crippen molar-refractivity contribution in [3.05, 3.63) is 71.1 Å². The number of pyridine rings is 1. The third kappa shape index (κ3) is 6.61. The van der Waals surface area contributed by atoms with Gasteiger partial charge in [0.25, 0.3) is 5.91 Å². The maximum absolute atomic E-state index is 13.9. The topological polar surface area (TPSA) is 123 Å². The van der Waals surface area contributed by atoms with Crippen molar-refractivity contribution in [2.45, 2.75) is 71.0 Å². The lowest BCUT2D eigenvalue weighted by molar-refractivity contribution is -0.142. The summed E-state index contributed by atoms with van der Waals surface area (Å²) in [6.45, 7) is 5.29. The predicted molar refractivity (Wildman–Crippen MR) is 156 cm³/mol. The van der Waals surface area contributed by atoms with Gasteiger partial charge in [0.05, 0.1) is 31.5 Å². The van der Waals surface area contributed by atoms with Gasteiger partial charge >= 0.3 is 0 Å². The number of hydrogen-bond acceptors (Lipinski definition) is 7. The molecular weight excluding hydrogens is 534 g/mol. The van der Waals surface area contributed by atoms with E-state index >= 15 is 0 Å². The number of benzene rings is 1. The maximum Gasteiger partial charge on any atom is 0.257 e. The van der Waals surface area contributed by atoms with Crippen LogP contribution in [0.15, 0.2) is 42.6 Å². The van der Waals surface area contributed by atoms with Crippen LogP contribution in [0.5, 0.6) is 5.75 Å².